The van der Waals surface area contributed by atoms with Gasteiger partial charge in [0.1, 0.15) is 13.2 Å². The summed E-state index contributed by atoms with van der Waals surface area (Å²) in [6.45, 7) is 5.69. The Kier molecular flexibility index (Phi) is 9.60. The average molecular weight is 797 g/mol. The maximum atomic E-state index is 14.5. The van der Waals surface area contributed by atoms with E-state index in [9.17, 15) is 35.9 Å². The van der Waals surface area contributed by atoms with Gasteiger partial charge in [0.25, 0.3) is 0 Å². The SMILES string of the molecule is C[C@@H]1CC[C@H]2C(COC(=O)CCCC(=O)OCC3=C(C(F)(F)F)O[C@@H]4O[C@]5(C)CCC6[C@H](C)CC[C@@H]3[C@]64OO5)=C(C(F)(F)F)OC3O[C@]4(C)CCC1[C@]32OO4. The summed E-state index contributed by atoms with van der Waals surface area (Å²) in [6, 6.07) is 0. The van der Waals surface area contributed by atoms with Crippen LogP contribution in [0.2, 0.25) is 0 Å². The van der Waals surface area contributed by atoms with E-state index >= 15 is 0 Å². The lowest BCUT2D eigenvalue weighted by Crippen LogP contribution is -2.67. The van der Waals surface area contributed by atoms with Gasteiger partial charge in [-0.25, -0.2) is 19.6 Å². The van der Waals surface area contributed by atoms with Crippen LogP contribution in [0.3, 0.4) is 0 Å². The van der Waals surface area contributed by atoms with Crippen LogP contribution in [-0.2, 0) is 57.6 Å². The van der Waals surface area contributed by atoms with Crippen molar-refractivity contribution in [3.8, 4) is 0 Å². The van der Waals surface area contributed by atoms with Crippen LogP contribution < -0.4 is 0 Å². The highest BCUT2D eigenvalue weighted by Gasteiger charge is 2.72. The van der Waals surface area contributed by atoms with Gasteiger partial charge in [0, 0.05) is 60.5 Å². The minimum absolute atomic E-state index is 0.0691. The maximum absolute atomic E-state index is 14.5. The molecule has 0 aromatic carbocycles. The van der Waals surface area contributed by atoms with E-state index in [0.29, 0.717) is 38.5 Å². The number of ether oxygens (including phenoxy) is 6. The monoisotopic (exact) mass is 796 g/mol. The van der Waals surface area contributed by atoms with Crippen LogP contribution in [0.15, 0.2) is 22.7 Å². The zero-order chi connectivity index (χ0) is 39.3. The molecule has 4 bridgehead atoms. The van der Waals surface area contributed by atoms with Gasteiger partial charge in [0.15, 0.2) is 11.2 Å². The highest BCUT2D eigenvalue weighted by Crippen LogP contribution is 2.63. The van der Waals surface area contributed by atoms with Crippen molar-refractivity contribution in [2.24, 2.45) is 35.5 Å². The minimum atomic E-state index is -4.93. The van der Waals surface area contributed by atoms with Gasteiger partial charge in [0.2, 0.25) is 35.7 Å². The molecule has 55 heavy (non-hydrogen) atoms. The van der Waals surface area contributed by atoms with E-state index in [4.69, 9.17) is 48.0 Å². The molecule has 6 saturated heterocycles. The largest absolute Gasteiger partial charge is 0.461 e. The first-order valence-corrected chi connectivity index (χ1v) is 19.1. The molecule has 8 fully saturated rings. The summed E-state index contributed by atoms with van der Waals surface area (Å²) in [4.78, 5) is 48.9. The highest BCUT2D eigenvalue weighted by molar-refractivity contribution is 5.72. The van der Waals surface area contributed by atoms with Crippen molar-refractivity contribution in [1.82, 2.24) is 0 Å². The molecule has 12 nitrogen and oxygen atoms in total. The Balaban J connectivity index is 0.915. The number of carbonyl (C=O) groups is 2. The summed E-state index contributed by atoms with van der Waals surface area (Å²) < 4.78 is 120. The van der Waals surface area contributed by atoms with Gasteiger partial charge in [-0.3, -0.25) is 9.59 Å². The molecule has 0 aromatic rings. The van der Waals surface area contributed by atoms with Crippen LogP contribution >= 0.6 is 0 Å². The second-order valence-electron chi connectivity index (χ2n) is 16.8. The fraction of sp³-hybridized carbons (Fsp3) is 0.838. The first-order valence-electron chi connectivity index (χ1n) is 19.1. The number of hydrogen-bond donors (Lipinski definition) is 0. The summed E-state index contributed by atoms with van der Waals surface area (Å²) >= 11 is 0. The topological polar surface area (TPSA) is 126 Å². The number of rotatable bonds is 8. The zero-order valence-corrected chi connectivity index (χ0v) is 31.0. The quantitative estimate of drug-likeness (QED) is 0.138. The van der Waals surface area contributed by atoms with Crippen LogP contribution in [0.4, 0.5) is 26.3 Å². The van der Waals surface area contributed by atoms with E-state index in [1.807, 2.05) is 13.8 Å². The number of fused-ring (bicyclic) bond motifs is 4. The Morgan fingerprint density at radius 2 is 1.04 bits per heavy atom. The molecule has 3 unspecified atom stereocenters. The van der Waals surface area contributed by atoms with Gasteiger partial charge in [-0.1, -0.05) is 13.8 Å². The second-order valence-corrected chi connectivity index (χ2v) is 16.8. The number of hydrogen-bond acceptors (Lipinski definition) is 12. The van der Waals surface area contributed by atoms with Crippen LogP contribution in [-0.4, -0.2) is 72.9 Å². The molecule has 10 aliphatic rings. The Hall–Kier alpha value is -2.64. The molecule has 8 heterocycles. The highest BCUT2D eigenvalue weighted by atomic mass is 19.4. The van der Waals surface area contributed by atoms with Crippen molar-refractivity contribution in [2.75, 3.05) is 13.2 Å². The normalized spacial score (nSPS) is 43.4. The Morgan fingerprint density at radius 3 is 1.42 bits per heavy atom. The molecule has 10 rings (SSSR count). The van der Waals surface area contributed by atoms with Gasteiger partial charge in [-0.2, -0.15) is 26.3 Å². The first-order chi connectivity index (χ1) is 25.8. The Labute approximate surface area is 313 Å². The predicted octanol–water partition coefficient (Wildman–Crippen LogP) is 7.37. The Morgan fingerprint density at radius 1 is 0.636 bits per heavy atom. The van der Waals surface area contributed by atoms with Crippen LogP contribution in [0.5, 0.6) is 0 Å². The van der Waals surface area contributed by atoms with Gasteiger partial charge < -0.3 is 28.4 Å². The van der Waals surface area contributed by atoms with E-state index in [1.165, 1.54) is 0 Å². The van der Waals surface area contributed by atoms with E-state index in [-0.39, 0.29) is 66.9 Å². The molecule has 2 saturated carbocycles. The lowest BCUT2D eigenvalue weighted by molar-refractivity contribution is -0.558. The van der Waals surface area contributed by atoms with Gasteiger partial charge in [0.05, 0.1) is 0 Å². The maximum Gasteiger partial charge on any atom is 0.449 e. The van der Waals surface area contributed by atoms with E-state index in [1.54, 1.807) is 13.8 Å². The number of alkyl halides is 6. The van der Waals surface area contributed by atoms with E-state index in [0.717, 1.165) is 0 Å². The van der Waals surface area contributed by atoms with Crippen molar-refractivity contribution in [3.63, 3.8) is 0 Å². The molecule has 0 amide bonds. The molecule has 8 aliphatic heterocycles. The molecular weight excluding hydrogens is 750 g/mol. The molecule has 2 spiro atoms. The first kappa shape index (κ1) is 39.2. The molecule has 0 radical (unpaired) electrons. The number of halogens is 6. The van der Waals surface area contributed by atoms with E-state index < -0.39 is 96.2 Å². The molecule has 12 atom stereocenters. The molecule has 0 aromatic heterocycles. The predicted molar refractivity (Wildman–Crippen MR) is 170 cm³/mol. The number of esters is 2. The molecule has 308 valence electrons. The average Bonchev–Trinajstić information content (AvgIpc) is 3.48. The van der Waals surface area contributed by atoms with Crippen molar-refractivity contribution in [2.45, 2.75) is 146 Å². The summed E-state index contributed by atoms with van der Waals surface area (Å²) in [5.74, 6) is -9.07. The van der Waals surface area contributed by atoms with Crippen LogP contribution in [0, 0.1) is 35.5 Å². The van der Waals surface area contributed by atoms with Crippen molar-refractivity contribution in [1.29, 1.82) is 0 Å². The van der Waals surface area contributed by atoms with Crippen LogP contribution in [0.1, 0.15) is 98.3 Å². The number of carbonyl (C=O) groups excluding carboxylic acids is 2. The fourth-order valence-electron chi connectivity index (χ4n) is 10.6. The third kappa shape index (κ3) is 6.44. The molecule has 2 aliphatic carbocycles. The van der Waals surface area contributed by atoms with Gasteiger partial charge in [-0.05, 0) is 70.6 Å². The van der Waals surface area contributed by atoms with Crippen molar-refractivity contribution >= 4 is 11.9 Å². The summed E-state index contributed by atoms with van der Waals surface area (Å²) in [7, 11) is 0. The Bertz CT molecular complexity index is 1520. The third-order valence-electron chi connectivity index (χ3n) is 13.4. The summed E-state index contributed by atoms with van der Waals surface area (Å²) in [6.07, 6.45) is -9.86. The summed E-state index contributed by atoms with van der Waals surface area (Å²) in [5.41, 5.74) is -3.33. The minimum Gasteiger partial charge on any atom is -0.461 e. The molecule has 0 N–H and O–H groups in total. The van der Waals surface area contributed by atoms with Crippen molar-refractivity contribution in [3.05, 3.63) is 22.7 Å². The second kappa shape index (κ2) is 13.5. The summed E-state index contributed by atoms with van der Waals surface area (Å²) in [5, 5.41) is 0. The fourth-order valence-corrected chi connectivity index (χ4v) is 10.6. The smallest absolute Gasteiger partial charge is 0.449 e. The number of allylic oxidation sites excluding steroid dienone is 2. The van der Waals surface area contributed by atoms with Crippen LogP contribution in [0.25, 0.3) is 0 Å². The van der Waals surface area contributed by atoms with E-state index in [2.05, 4.69) is 0 Å². The molecular formula is C37H46F6O12. The standard InChI is InChI=1S/C37H46F6O12/c1-18-8-10-24-20(28(36(38,39)40)48-30-34(24)22(18)12-14-32(3,50-30)52-54-34)16-46-26(44)6-5-7-27(45)47-17-21-25-11-9-19(2)23-13-15-33(4)51-31(35(23,25)55-53-33)49-29(21)37(41,42)43/h18-19,22-25,30-31H,5-17H2,1-4H3/t18-,19-,22?,23?,24+,25+,30-,31?,32+,33+,34-,35-/m1/s1. The van der Waals surface area contributed by atoms with Gasteiger partial charge >= 0.3 is 24.3 Å². The third-order valence-corrected chi connectivity index (χ3v) is 13.4. The lowest BCUT2D eigenvalue weighted by Gasteiger charge is -2.57. The lowest BCUT2D eigenvalue weighted by atomic mass is 9.59. The molecule has 18 heteroatoms. The van der Waals surface area contributed by atoms with Gasteiger partial charge in [-0.15, -0.1) is 0 Å². The van der Waals surface area contributed by atoms with Crippen molar-refractivity contribution < 1.29 is 83.9 Å². The zero-order valence-electron chi connectivity index (χ0n) is 31.0.